The second-order valence-corrected chi connectivity index (χ2v) is 7.70. The van der Waals surface area contributed by atoms with E-state index in [1.807, 2.05) is 0 Å². The standard InChI is InChI=1S/C15H22N2O3S/c1-11-5-4-6-12(16)15(11)21(18,19)17-9-10-20-14-8-3-2-7-13(14)17/h4-6,13-14H,2-3,7-10,16H2,1H3. The lowest BCUT2D eigenvalue weighted by Gasteiger charge is -2.43. The van der Waals surface area contributed by atoms with E-state index >= 15 is 0 Å². The van der Waals surface area contributed by atoms with Crippen molar-refractivity contribution >= 4 is 15.7 Å². The molecule has 5 nitrogen and oxygen atoms in total. The molecule has 1 aliphatic heterocycles. The number of sulfonamides is 1. The third kappa shape index (κ3) is 2.56. The van der Waals surface area contributed by atoms with Gasteiger partial charge in [-0.05, 0) is 31.4 Å². The van der Waals surface area contributed by atoms with E-state index in [0.29, 0.717) is 24.4 Å². The van der Waals surface area contributed by atoms with E-state index in [1.165, 1.54) is 0 Å². The SMILES string of the molecule is Cc1cccc(N)c1S(=O)(=O)N1CCOC2CCCCC21. The second-order valence-electron chi connectivity index (χ2n) is 5.87. The molecule has 1 saturated carbocycles. The van der Waals surface area contributed by atoms with Crippen LogP contribution in [0.3, 0.4) is 0 Å². The molecule has 0 spiro atoms. The van der Waals surface area contributed by atoms with Crippen LogP contribution < -0.4 is 5.73 Å². The third-order valence-electron chi connectivity index (χ3n) is 4.49. The Morgan fingerprint density at radius 3 is 2.81 bits per heavy atom. The monoisotopic (exact) mass is 310 g/mol. The average molecular weight is 310 g/mol. The van der Waals surface area contributed by atoms with Gasteiger partial charge in [-0.1, -0.05) is 25.0 Å². The van der Waals surface area contributed by atoms with Gasteiger partial charge in [0.15, 0.2) is 0 Å². The molecule has 0 amide bonds. The number of hydrogen-bond acceptors (Lipinski definition) is 4. The molecule has 2 N–H and O–H groups in total. The molecule has 2 fully saturated rings. The second kappa shape index (κ2) is 5.59. The minimum Gasteiger partial charge on any atom is -0.398 e. The molecule has 6 heteroatoms. The maximum atomic E-state index is 13.1. The number of ether oxygens (including phenoxy) is 1. The molecule has 0 bridgehead atoms. The number of benzene rings is 1. The maximum absolute atomic E-state index is 13.1. The highest BCUT2D eigenvalue weighted by Gasteiger charge is 2.41. The summed E-state index contributed by atoms with van der Waals surface area (Å²) < 4.78 is 33.5. The fourth-order valence-electron chi connectivity index (χ4n) is 3.50. The van der Waals surface area contributed by atoms with Crippen LogP contribution in [0.4, 0.5) is 5.69 Å². The zero-order valence-electron chi connectivity index (χ0n) is 12.3. The van der Waals surface area contributed by atoms with Gasteiger partial charge in [-0.15, -0.1) is 0 Å². The van der Waals surface area contributed by atoms with Gasteiger partial charge in [0, 0.05) is 6.54 Å². The van der Waals surface area contributed by atoms with Crippen molar-refractivity contribution in [3.05, 3.63) is 23.8 Å². The van der Waals surface area contributed by atoms with Crippen molar-refractivity contribution in [3.8, 4) is 0 Å². The zero-order valence-corrected chi connectivity index (χ0v) is 13.1. The molecular weight excluding hydrogens is 288 g/mol. The van der Waals surface area contributed by atoms with Gasteiger partial charge in [0.05, 0.1) is 24.4 Å². The number of nitrogen functional groups attached to an aromatic ring is 1. The van der Waals surface area contributed by atoms with Gasteiger partial charge in [0.1, 0.15) is 4.90 Å². The number of morpholine rings is 1. The highest BCUT2D eigenvalue weighted by atomic mass is 32.2. The molecular formula is C15H22N2O3S. The highest BCUT2D eigenvalue weighted by Crippen LogP contribution is 2.34. The zero-order chi connectivity index (χ0) is 15.0. The Morgan fingerprint density at radius 2 is 2.05 bits per heavy atom. The van der Waals surface area contributed by atoms with Crippen LogP contribution >= 0.6 is 0 Å². The summed E-state index contributed by atoms with van der Waals surface area (Å²) in [5.41, 5.74) is 6.98. The lowest BCUT2D eigenvalue weighted by atomic mass is 9.91. The quantitative estimate of drug-likeness (QED) is 0.847. The fourth-order valence-corrected chi connectivity index (χ4v) is 5.49. The summed E-state index contributed by atoms with van der Waals surface area (Å²) in [5, 5.41) is 0. The minimum absolute atomic E-state index is 0.0347. The maximum Gasteiger partial charge on any atom is 0.245 e. The molecule has 1 aromatic carbocycles. The lowest BCUT2D eigenvalue weighted by Crippen LogP contribution is -2.54. The molecule has 0 aromatic heterocycles. The lowest BCUT2D eigenvalue weighted by molar-refractivity contribution is -0.0586. The van der Waals surface area contributed by atoms with Gasteiger partial charge in [0.2, 0.25) is 10.0 Å². The molecule has 1 aliphatic carbocycles. The summed E-state index contributed by atoms with van der Waals surface area (Å²) in [7, 11) is -3.57. The topological polar surface area (TPSA) is 72.6 Å². The van der Waals surface area contributed by atoms with E-state index < -0.39 is 10.0 Å². The molecule has 1 aromatic rings. The van der Waals surface area contributed by atoms with Gasteiger partial charge < -0.3 is 10.5 Å². The van der Waals surface area contributed by atoms with Crippen molar-refractivity contribution < 1.29 is 13.2 Å². The van der Waals surface area contributed by atoms with Crippen LogP contribution in [-0.2, 0) is 14.8 Å². The van der Waals surface area contributed by atoms with E-state index in [0.717, 1.165) is 25.7 Å². The summed E-state index contributed by atoms with van der Waals surface area (Å²) in [6.07, 6.45) is 4.02. The number of hydrogen-bond donors (Lipinski definition) is 1. The number of nitrogens with zero attached hydrogens (tertiary/aromatic N) is 1. The Balaban J connectivity index is 2.01. The largest absolute Gasteiger partial charge is 0.398 e. The fraction of sp³-hybridized carbons (Fsp3) is 0.600. The normalized spacial score (nSPS) is 27.3. The molecule has 0 radical (unpaired) electrons. The van der Waals surface area contributed by atoms with Crippen molar-refractivity contribution in [2.75, 3.05) is 18.9 Å². The van der Waals surface area contributed by atoms with E-state index in [-0.39, 0.29) is 17.0 Å². The van der Waals surface area contributed by atoms with Gasteiger partial charge in [-0.2, -0.15) is 4.31 Å². The molecule has 1 saturated heterocycles. The van der Waals surface area contributed by atoms with Crippen molar-refractivity contribution in [2.24, 2.45) is 0 Å². The van der Waals surface area contributed by atoms with E-state index in [1.54, 1.807) is 29.4 Å². The van der Waals surface area contributed by atoms with Crippen molar-refractivity contribution in [1.29, 1.82) is 0 Å². The molecule has 2 aliphatic rings. The molecule has 2 atom stereocenters. The predicted octanol–water partition coefficient (Wildman–Crippen LogP) is 1.91. The smallest absolute Gasteiger partial charge is 0.245 e. The number of aryl methyl sites for hydroxylation is 1. The van der Waals surface area contributed by atoms with Crippen LogP contribution in [0, 0.1) is 6.92 Å². The van der Waals surface area contributed by atoms with Crippen LogP contribution in [-0.4, -0.2) is 38.0 Å². The van der Waals surface area contributed by atoms with Crippen LogP contribution in [0.15, 0.2) is 23.1 Å². The number of fused-ring (bicyclic) bond motifs is 1. The Labute approximate surface area is 126 Å². The molecule has 21 heavy (non-hydrogen) atoms. The average Bonchev–Trinajstić information content (AvgIpc) is 2.46. The Hall–Kier alpha value is -1.11. The minimum atomic E-state index is -3.57. The van der Waals surface area contributed by atoms with Crippen LogP contribution in [0.1, 0.15) is 31.2 Å². The van der Waals surface area contributed by atoms with E-state index in [2.05, 4.69) is 0 Å². The molecule has 1 heterocycles. The Morgan fingerprint density at radius 1 is 1.29 bits per heavy atom. The van der Waals surface area contributed by atoms with Gasteiger partial charge in [-0.3, -0.25) is 0 Å². The molecule has 116 valence electrons. The number of anilines is 1. The first-order valence-electron chi connectivity index (χ1n) is 7.50. The van der Waals surface area contributed by atoms with Crippen molar-refractivity contribution in [3.63, 3.8) is 0 Å². The van der Waals surface area contributed by atoms with Crippen LogP contribution in [0.5, 0.6) is 0 Å². The summed E-state index contributed by atoms with van der Waals surface area (Å²) in [4.78, 5) is 0.260. The highest BCUT2D eigenvalue weighted by molar-refractivity contribution is 7.89. The summed E-state index contributed by atoms with van der Waals surface area (Å²) in [6.45, 7) is 2.67. The van der Waals surface area contributed by atoms with E-state index in [4.69, 9.17) is 10.5 Å². The Kier molecular flexibility index (Phi) is 3.94. The predicted molar refractivity (Wildman–Crippen MR) is 81.5 cm³/mol. The summed E-state index contributed by atoms with van der Waals surface area (Å²) in [5.74, 6) is 0. The first-order valence-corrected chi connectivity index (χ1v) is 8.94. The Bertz CT molecular complexity index is 608. The first-order chi connectivity index (χ1) is 10.0. The van der Waals surface area contributed by atoms with Crippen molar-refractivity contribution in [2.45, 2.75) is 49.6 Å². The molecule has 2 unspecified atom stereocenters. The number of nitrogens with two attached hydrogens (primary N) is 1. The first kappa shape index (κ1) is 14.8. The van der Waals surface area contributed by atoms with Crippen LogP contribution in [0.25, 0.3) is 0 Å². The van der Waals surface area contributed by atoms with Gasteiger partial charge >= 0.3 is 0 Å². The number of rotatable bonds is 2. The van der Waals surface area contributed by atoms with Crippen molar-refractivity contribution in [1.82, 2.24) is 4.31 Å². The summed E-state index contributed by atoms with van der Waals surface area (Å²) in [6, 6.07) is 5.18. The van der Waals surface area contributed by atoms with E-state index in [9.17, 15) is 8.42 Å². The summed E-state index contributed by atoms with van der Waals surface area (Å²) >= 11 is 0. The van der Waals surface area contributed by atoms with Crippen LogP contribution in [0.2, 0.25) is 0 Å². The molecule has 3 rings (SSSR count). The van der Waals surface area contributed by atoms with Gasteiger partial charge in [-0.25, -0.2) is 8.42 Å². The van der Waals surface area contributed by atoms with Gasteiger partial charge in [0.25, 0.3) is 0 Å². The third-order valence-corrected chi connectivity index (χ3v) is 6.63.